The molecule has 4 aromatic rings. The molecule has 0 spiro atoms. The van der Waals surface area contributed by atoms with Crippen molar-refractivity contribution in [1.29, 1.82) is 0 Å². The van der Waals surface area contributed by atoms with E-state index in [1.54, 1.807) is 30.1 Å². The lowest BCUT2D eigenvalue weighted by Crippen LogP contribution is -2.26. The fourth-order valence-corrected chi connectivity index (χ4v) is 4.07. The molecule has 1 aliphatic rings. The highest BCUT2D eigenvalue weighted by Gasteiger charge is 2.21. The van der Waals surface area contributed by atoms with Crippen molar-refractivity contribution >= 4 is 17.5 Å². The fraction of sp³-hybridized carbons (Fsp3) is 0.154. The van der Waals surface area contributed by atoms with Gasteiger partial charge < -0.3 is 14.4 Å². The first-order valence-electron chi connectivity index (χ1n) is 10.6. The van der Waals surface area contributed by atoms with Crippen LogP contribution in [0.3, 0.4) is 0 Å². The third-order valence-electron chi connectivity index (χ3n) is 5.55. The highest BCUT2D eigenvalue weighted by atomic mass is 35.5. The van der Waals surface area contributed by atoms with E-state index in [0.717, 1.165) is 22.4 Å². The molecule has 1 aromatic heterocycles. The van der Waals surface area contributed by atoms with Gasteiger partial charge >= 0.3 is 0 Å². The van der Waals surface area contributed by atoms with Crippen LogP contribution in [0.4, 0.5) is 0 Å². The Hall–Kier alpha value is -3.77. The molecule has 0 radical (unpaired) electrons. The van der Waals surface area contributed by atoms with Crippen LogP contribution in [0.15, 0.2) is 79.0 Å². The van der Waals surface area contributed by atoms with Crippen LogP contribution in [0.2, 0.25) is 5.02 Å². The quantitative estimate of drug-likeness (QED) is 0.395. The lowest BCUT2D eigenvalue weighted by molar-refractivity contribution is 0.0785. The van der Waals surface area contributed by atoms with Gasteiger partial charge in [0.1, 0.15) is 0 Å². The summed E-state index contributed by atoms with van der Waals surface area (Å²) in [7, 11) is 1.78. The third-order valence-corrected chi connectivity index (χ3v) is 5.92. The number of fused-ring (bicyclic) bond motifs is 1. The molecule has 0 saturated heterocycles. The zero-order valence-electron chi connectivity index (χ0n) is 18.1. The summed E-state index contributed by atoms with van der Waals surface area (Å²) in [6.07, 6.45) is 1.98. The van der Waals surface area contributed by atoms with E-state index < -0.39 is 0 Å². The highest BCUT2D eigenvalue weighted by Crippen LogP contribution is 2.33. The molecule has 6 nitrogen and oxygen atoms in total. The topological polar surface area (TPSA) is 56.6 Å². The van der Waals surface area contributed by atoms with E-state index in [4.69, 9.17) is 26.2 Å². The Balaban J connectivity index is 1.43. The second kappa shape index (κ2) is 9.00. The number of carbonyl (C=O) groups is 1. The number of benzene rings is 3. The molecule has 3 aromatic carbocycles. The predicted molar refractivity (Wildman–Crippen MR) is 127 cm³/mol. The maximum absolute atomic E-state index is 13.1. The molecule has 0 fully saturated rings. The monoisotopic (exact) mass is 459 g/mol. The second-order valence-corrected chi connectivity index (χ2v) is 8.29. The molecule has 1 aliphatic heterocycles. The molecule has 2 heterocycles. The minimum Gasteiger partial charge on any atom is -0.454 e. The smallest absolute Gasteiger partial charge is 0.254 e. The van der Waals surface area contributed by atoms with Gasteiger partial charge in [0.25, 0.3) is 5.91 Å². The Morgan fingerprint density at radius 1 is 1.00 bits per heavy atom. The molecule has 7 heteroatoms. The van der Waals surface area contributed by atoms with E-state index in [9.17, 15) is 4.79 Å². The zero-order chi connectivity index (χ0) is 22.8. The van der Waals surface area contributed by atoms with Crippen molar-refractivity contribution in [1.82, 2.24) is 14.7 Å². The number of amides is 1. The molecule has 166 valence electrons. The number of hydrogen-bond acceptors (Lipinski definition) is 4. The lowest BCUT2D eigenvalue weighted by Gasteiger charge is -2.17. The SMILES string of the molecule is CN(Cc1cn(Cc2ccccc2Cl)nc1-c1ccccc1)C(=O)c1ccc2c(c1)OCO2. The molecule has 0 unspecified atom stereocenters. The van der Waals surface area contributed by atoms with Crippen LogP contribution in [-0.2, 0) is 13.1 Å². The van der Waals surface area contributed by atoms with E-state index in [1.807, 2.05) is 65.5 Å². The molecule has 5 rings (SSSR count). The third kappa shape index (κ3) is 4.43. The van der Waals surface area contributed by atoms with Gasteiger partial charge in [-0.1, -0.05) is 60.1 Å². The lowest BCUT2D eigenvalue weighted by atomic mass is 10.1. The first kappa shape index (κ1) is 21.1. The van der Waals surface area contributed by atoms with Crippen LogP contribution in [0, 0.1) is 0 Å². The number of rotatable bonds is 6. The van der Waals surface area contributed by atoms with Crippen molar-refractivity contribution in [2.24, 2.45) is 0 Å². The van der Waals surface area contributed by atoms with Gasteiger partial charge in [0.2, 0.25) is 6.79 Å². The van der Waals surface area contributed by atoms with E-state index in [-0.39, 0.29) is 12.7 Å². The van der Waals surface area contributed by atoms with Gasteiger partial charge in [-0.15, -0.1) is 0 Å². The number of ether oxygens (including phenoxy) is 2. The number of aromatic nitrogens is 2. The van der Waals surface area contributed by atoms with Crippen molar-refractivity contribution in [3.8, 4) is 22.8 Å². The first-order chi connectivity index (χ1) is 16.1. The van der Waals surface area contributed by atoms with Crippen molar-refractivity contribution < 1.29 is 14.3 Å². The summed E-state index contributed by atoms with van der Waals surface area (Å²) in [6, 6.07) is 22.9. The van der Waals surface area contributed by atoms with Crippen LogP contribution in [-0.4, -0.2) is 34.4 Å². The normalized spacial score (nSPS) is 12.1. The summed E-state index contributed by atoms with van der Waals surface area (Å²) in [5.74, 6) is 1.14. The maximum atomic E-state index is 13.1. The molecular formula is C26H22ClN3O3. The number of carbonyl (C=O) groups excluding carboxylic acids is 1. The molecule has 33 heavy (non-hydrogen) atoms. The van der Waals surface area contributed by atoms with Crippen LogP contribution in [0.5, 0.6) is 11.5 Å². The van der Waals surface area contributed by atoms with Gasteiger partial charge in [-0.05, 0) is 29.8 Å². The Morgan fingerprint density at radius 3 is 2.58 bits per heavy atom. The predicted octanol–water partition coefficient (Wildman–Crippen LogP) is 5.25. The number of nitrogens with zero attached hydrogens (tertiary/aromatic N) is 3. The van der Waals surface area contributed by atoms with Crippen LogP contribution in [0.1, 0.15) is 21.5 Å². The van der Waals surface area contributed by atoms with Crippen LogP contribution in [0.25, 0.3) is 11.3 Å². The minimum atomic E-state index is -0.105. The number of halogens is 1. The summed E-state index contributed by atoms with van der Waals surface area (Å²) < 4.78 is 12.6. The molecule has 0 bridgehead atoms. The summed E-state index contributed by atoms with van der Waals surface area (Å²) in [4.78, 5) is 14.8. The van der Waals surface area contributed by atoms with Crippen molar-refractivity contribution in [3.63, 3.8) is 0 Å². The second-order valence-electron chi connectivity index (χ2n) is 7.89. The van der Waals surface area contributed by atoms with Gasteiger partial charge in [-0.2, -0.15) is 5.10 Å². The van der Waals surface area contributed by atoms with Crippen molar-refractivity contribution in [3.05, 3.63) is 101 Å². The van der Waals surface area contributed by atoms with Gasteiger partial charge in [-0.3, -0.25) is 9.48 Å². The Labute approximate surface area is 196 Å². The average Bonchev–Trinajstić information content (AvgIpc) is 3.47. The zero-order valence-corrected chi connectivity index (χ0v) is 18.8. The van der Waals surface area contributed by atoms with E-state index in [0.29, 0.717) is 35.2 Å². The molecular weight excluding hydrogens is 438 g/mol. The van der Waals surface area contributed by atoms with Crippen molar-refractivity contribution in [2.75, 3.05) is 13.8 Å². The highest BCUT2D eigenvalue weighted by molar-refractivity contribution is 6.31. The van der Waals surface area contributed by atoms with Crippen LogP contribution < -0.4 is 9.47 Å². The molecule has 0 saturated carbocycles. The molecule has 0 N–H and O–H groups in total. The first-order valence-corrected chi connectivity index (χ1v) is 11.0. The summed E-state index contributed by atoms with van der Waals surface area (Å²) in [5, 5.41) is 5.53. The summed E-state index contributed by atoms with van der Waals surface area (Å²) >= 11 is 6.36. The van der Waals surface area contributed by atoms with Gasteiger partial charge in [0, 0.05) is 41.5 Å². The number of hydrogen-bond donors (Lipinski definition) is 0. The van der Waals surface area contributed by atoms with E-state index >= 15 is 0 Å². The Bertz CT molecular complexity index is 1300. The average molecular weight is 460 g/mol. The van der Waals surface area contributed by atoms with Gasteiger partial charge in [0.15, 0.2) is 11.5 Å². The summed E-state index contributed by atoms with van der Waals surface area (Å²) in [5.41, 5.74) is 4.32. The molecule has 1 amide bonds. The molecule has 0 atom stereocenters. The Kier molecular flexibility index (Phi) is 5.75. The Morgan fingerprint density at radius 2 is 1.76 bits per heavy atom. The molecule has 0 aliphatic carbocycles. The summed E-state index contributed by atoms with van der Waals surface area (Å²) in [6.45, 7) is 1.12. The van der Waals surface area contributed by atoms with Crippen LogP contribution >= 0.6 is 11.6 Å². The maximum Gasteiger partial charge on any atom is 0.254 e. The van der Waals surface area contributed by atoms with E-state index in [2.05, 4.69) is 0 Å². The minimum absolute atomic E-state index is 0.105. The largest absolute Gasteiger partial charge is 0.454 e. The standard InChI is InChI=1S/C26H22ClN3O3/c1-29(26(31)19-11-12-23-24(13-19)33-17-32-23)14-21-16-30(15-20-9-5-6-10-22(20)27)28-25(21)18-7-3-2-4-8-18/h2-13,16H,14-15,17H2,1H3. The van der Waals surface area contributed by atoms with E-state index in [1.165, 1.54) is 0 Å². The van der Waals surface area contributed by atoms with Crippen molar-refractivity contribution in [2.45, 2.75) is 13.1 Å². The van der Waals surface area contributed by atoms with Gasteiger partial charge in [0.05, 0.1) is 12.2 Å². The van der Waals surface area contributed by atoms with Gasteiger partial charge in [-0.25, -0.2) is 0 Å². The fourth-order valence-electron chi connectivity index (χ4n) is 3.88.